The van der Waals surface area contributed by atoms with Crippen LogP contribution in [0.15, 0.2) is 103 Å². The molecule has 0 fully saturated rings. The third-order valence-electron chi connectivity index (χ3n) is 5.26. The second-order valence-corrected chi connectivity index (χ2v) is 7.58. The normalized spacial score (nSPS) is 10.9. The predicted octanol–water partition coefficient (Wildman–Crippen LogP) is 5.76. The highest BCUT2D eigenvalue weighted by molar-refractivity contribution is 6.08. The number of benzene rings is 4. The summed E-state index contributed by atoms with van der Waals surface area (Å²) in [6.45, 7) is 0.489. The van der Waals surface area contributed by atoms with Gasteiger partial charge in [0.05, 0.1) is 11.3 Å². The predicted molar refractivity (Wildman–Crippen MR) is 130 cm³/mol. The maximum atomic E-state index is 13.0. The van der Waals surface area contributed by atoms with E-state index < -0.39 is 0 Å². The van der Waals surface area contributed by atoms with Crippen LogP contribution in [0.3, 0.4) is 0 Å². The van der Waals surface area contributed by atoms with Gasteiger partial charge in [-0.05, 0) is 40.1 Å². The number of fused-ring (bicyclic) bond motifs is 1. The Morgan fingerprint density at radius 1 is 0.812 bits per heavy atom. The van der Waals surface area contributed by atoms with Crippen molar-refractivity contribution < 1.29 is 9.59 Å². The number of hydrogen-bond donors (Lipinski definition) is 1. The van der Waals surface area contributed by atoms with E-state index in [1.54, 1.807) is 42.3 Å². The molecule has 0 radical (unpaired) electrons. The summed E-state index contributed by atoms with van der Waals surface area (Å²) in [6, 6.07) is 30.9. The molecule has 0 saturated carbocycles. The first-order valence-electron chi connectivity index (χ1n) is 10.5. The van der Waals surface area contributed by atoms with E-state index in [2.05, 4.69) is 5.32 Å². The molecule has 1 N–H and O–H groups in total. The molecule has 0 aliphatic heterocycles. The first kappa shape index (κ1) is 21.1. The minimum absolute atomic E-state index is 0.150. The van der Waals surface area contributed by atoms with E-state index in [9.17, 15) is 9.59 Å². The smallest absolute Gasteiger partial charge is 0.256 e. The van der Waals surface area contributed by atoms with Gasteiger partial charge in [-0.1, -0.05) is 84.9 Å². The van der Waals surface area contributed by atoms with Crippen LogP contribution >= 0.6 is 0 Å². The van der Waals surface area contributed by atoms with Crippen LogP contribution in [0.5, 0.6) is 0 Å². The molecule has 0 unspecified atom stereocenters. The van der Waals surface area contributed by atoms with Crippen molar-refractivity contribution in [1.82, 2.24) is 4.90 Å². The first-order valence-corrected chi connectivity index (χ1v) is 10.5. The number of para-hydroxylation sites is 1. The molecule has 4 rings (SSSR count). The highest BCUT2D eigenvalue weighted by Gasteiger charge is 2.16. The average Bonchev–Trinajstić information content (AvgIpc) is 2.83. The van der Waals surface area contributed by atoms with E-state index in [1.165, 1.54) is 6.08 Å². The largest absolute Gasteiger partial charge is 0.337 e. The van der Waals surface area contributed by atoms with Crippen molar-refractivity contribution in [2.75, 3.05) is 12.4 Å². The first-order chi connectivity index (χ1) is 15.6. The maximum Gasteiger partial charge on any atom is 0.256 e. The van der Waals surface area contributed by atoms with Gasteiger partial charge in [-0.3, -0.25) is 9.59 Å². The lowest BCUT2D eigenvalue weighted by Gasteiger charge is -2.19. The molecule has 4 aromatic rings. The number of amides is 2. The summed E-state index contributed by atoms with van der Waals surface area (Å²) in [7, 11) is 1.76. The van der Waals surface area contributed by atoms with Crippen molar-refractivity contribution in [3.63, 3.8) is 0 Å². The SMILES string of the molecule is CN(Cc1ccccc1)C(=O)c1ccccc1NC(=O)C=Cc1cccc2ccccc12. The second-order valence-electron chi connectivity index (χ2n) is 7.58. The van der Waals surface area contributed by atoms with E-state index in [4.69, 9.17) is 0 Å². The molecule has 0 spiro atoms. The third-order valence-corrected chi connectivity index (χ3v) is 5.26. The molecule has 0 aromatic heterocycles. The minimum Gasteiger partial charge on any atom is -0.337 e. The molecule has 0 saturated heterocycles. The molecule has 0 bridgehead atoms. The topological polar surface area (TPSA) is 49.4 Å². The number of rotatable bonds is 6. The van der Waals surface area contributed by atoms with Gasteiger partial charge in [0.15, 0.2) is 0 Å². The zero-order valence-corrected chi connectivity index (χ0v) is 17.9. The van der Waals surface area contributed by atoms with Crippen LogP contribution in [0.2, 0.25) is 0 Å². The average molecular weight is 421 g/mol. The summed E-state index contributed by atoms with van der Waals surface area (Å²) in [5.41, 5.74) is 2.95. The van der Waals surface area contributed by atoms with E-state index in [1.807, 2.05) is 72.8 Å². The Labute approximate surface area is 187 Å². The molecule has 4 aromatic carbocycles. The Hall–Kier alpha value is -4.18. The fraction of sp³-hybridized carbons (Fsp3) is 0.0714. The van der Waals surface area contributed by atoms with Crippen LogP contribution in [0, 0.1) is 0 Å². The van der Waals surface area contributed by atoms with Crippen molar-refractivity contribution in [3.8, 4) is 0 Å². The lowest BCUT2D eigenvalue weighted by Crippen LogP contribution is -2.27. The summed E-state index contributed by atoms with van der Waals surface area (Å²) in [5, 5.41) is 5.05. The molecule has 4 heteroatoms. The summed E-state index contributed by atoms with van der Waals surface area (Å²) in [6.07, 6.45) is 3.29. The highest BCUT2D eigenvalue weighted by atomic mass is 16.2. The van der Waals surface area contributed by atoms with Crippen LogP contribution in [-0.2, 0) is 11.3 Å². The van der Waals surface area contributed by atoms with E-state index in [0.29, 0.717) is 17.8 Å². The standard InChI is InChI=1S/C28H24N2O2/c1-30(20-21-10-3-2-4-11-21)28(32)25-16-7-8-17-26(25)29-27(31)19-18-23-14-9-13-22-12-5-6-15-24(22)23/h2-19H,20H2,1H3,(H,29,31). The number of anilines is 1. The molecule has 2 amide bonds. The van der Waals surface area contributed by atoms with Crippen molar-refractivity contribution in [2.45, 2.75) is 6.54 Å². The number of carbonyl (C=O) groups excluding carboxylic acids is 2. The van der Waals surface area contributed by atoms with Gasteiger partial charge in [-0.15, -0.1) is 0 Å². The zero-order valence-electron chi connectivity index (χ0n) is 17.9. The molecule has 0 aliphatic rings. The molecular weight excluding hydrogens is 396 g/mol. The Kier molecular flexibility index (Phi) is 6.42. The van der Waals surface area contributed by atoms with Crippen LogP contribution in [0.1, 0.15) is 21.5 Å². The van der Waals surface area contributed by atoms with Gasteiger partial charge in [0.25, 0.3) is 5.91 Å². The van der Waals surface area contributed by atoms with E-state index >= 15 is 0 Å². The van der Waals surface area contributed by atoms with Crippen LogP contribution < -0.4 is 5.32 Å². The Morgan fingerprint density at radius 2 is 1.50 bits per heavy atom. The molecule has 32 heavy (non-hydrogen) atoms. The van der Waals surface area contributed by atoms with Crippen molar-refractivity contribution >= 4 is 34.4 Å². The summed E-state index contributed by atoms with van der Waals surface area (Å²) >= 11 is 0. The highest BCUT2D eigenvalue weighted by Crippen LogP contribution is 2.21. The third kappa shape index (κ3) is 4.93. The number of carbonyl (C=O) groups is 2. The number of hydrogen-bond acceptors (Lipinski definition) is 2. The van der Waals surface area contributed by atoms with Gasteiger partial charge in [0.1, 0.15) is 0 Å². The van der Waals surface area contributed by atoms with Gasteiger partial charge < -0.3 is 10.2 Å². The fourth-order valence-corrected chi connectivity index (χ4v) is 3.65. The van der Waals surface area contributed by atoms with Crippen LogP contribution in [0.25, 0.3) is 16.8 Å². The number of nitrogens with zero attached hydrogens (tertiary/aromatic N) is 1. The van der Waals surface area contributed by atoms with E-state index in [0.717, 1.165) is 21.9 Å². The van der Waals surface area contributed by atoms with Crippen LogP contribution in [0.4, 0.5) is 5.69 Å². The zero-order chi connectivity index (χ0) is 22.3. The van der Waals surface area contributed by atoms with Gasteiger partial charge in [-0.25, -0.2) is 0 Å². The molecule has 158 valence electrons. The Balaban J connectivity index is 1.49. The minimum atomic E-state index is -0.288. The van der Waals surface area contributed by atoms with Crippen molar-refractivity contribution in [1.29, 1.82) is 0 Å². The monoisotopic (exact) mass is 420 g/mol. The number of nitrogens with one attached hydrogen (secondary N) is 1. The van der Waals surface area contributed by atoms with Gasteiger partial charge in [0, 0.05) is 19.7 Å². The maximum absolute atomic E-state index is 13.0. The molecule has 0 atom stereocenters. The second kappa shape index (κ2) is 9.75. The summed E-state index contributed by atoms with van der Waals surface area (Å²) in [5.74, 6) is -0.438. The summed E-state index contributed by atoms with van der Waals surface area (Å²) < 4.78 is 0. The summed E-state index contributed by atoms with van der Waals surface area (Å²) in [4.78, 5) is 27.3. The fourth-order valence-electron chi connectivity index (χ4n) is 3.65. The van der Waals surface area contributed by atoms with Gasteiger partial charge >= 0.3 is 0 Å². The Morgan fingerprint density at radius 3 is 2.34 bits per heavy atom. The van der Waals surface area contributed by atoms with Crippen molar-refractivity contribution in [2.24, 2.45) is 0 Å². The lowest BCUT2D eigenvalue weighted by molar-refractivity contribution is -0.111. The Bertz CT molecular complexity index is 1270. The quantitative estimate of drug-likeness (QED) is 0.403. The molecule has 0 heterocycles. The van der Waals surface area contributed by atoms with Crippen molar-refractivity contribution in [3.05, 3.63) is 120 Å². The van der Waals surface area contributed by atoms with Gasteiger partial charge in [-0.2, -0.15) is 0 Å². The van der Waals surface area contributed by atoms with E-state index in [-0.39, 0.29) is 11.8 Å². The molecule has 0 aliphatic carbocycles. The molecule has 4 nitrogen and oxygen atoms in total. The van der Waals surface area contributed by atoms with Gasteiger partial charge in [0.2, 0.25) is 5.91 Å². The van der Waals surface area contributed by atoms with Crippen LogP contribution in [-0.4, -0.2) is 23.8 Å². The molecular formula is C28H24N2O2. The lowest BCUT2D eigenvalue weighted by atomic mass is 10.0.